The Morgan fingerprint density at radius 1 is 1.10 bits per heavy atom. The molecule has 1 heterocycles. The smallest absolute Gasteiger partial charge is 0.146 e. The van der Waals surface area contributed by atoms with Crippen LogP contribution in [0.15, 0.2) is 36.4 Å². The van der Waals surface area contributed by atoms with Gasteiger partial charge in [-0.3, -0.25) is 0 Å². The van der Waals surface area contributed by atoms with Crippen molar-refractivity contribution in [2.45, 2.75) is 6.61 Å². The van der Waals surface area contributed by atoms with E-state index >= 15 is 0 Å². The van der Waals surface area contributed by atoms with Crippen LogP contribution in [0.2, 0.25) is 10.0 Å². The van der Waals surface area contributed by atoms with Crippen molar-refractivity contribution in [3.8, 4) is 5.75 Å². The van der Waals surface area contributed by atoms with E-state index in [-0.39, 0.29) is 12.4 Å². The molecule has 0 saturated heterocycles. The van der Waals surface area contributed by atoms with Gasteiger partial charge < -0.3 is 9.72 Å². The number of aromatic nitrogens is 2. The van der Waals surface area contributed by atoms with Gasteiger partial charge in [0.05, 0.1) is 21.1 Å². The zero-order chi connectivity index (χ0) is 14.1. The second-order valence-electron chi connectivity index (χ2n) is 4.21. The molecule has 0 atom stereocenters. The van der Waals surface area contributed by atoms with Gasteiger partial charge >= 0.3 is 0 Å². The third-order valence-electron chi connectivity index (χ3n) is 2.76. The number of hydrogen-bond acceptors (Lipinski definition) is 2. The van der Waals surface area contributed by atoms with Gasteiger partial charge in [0.2, 0.25) is 0 Å². The van der Waals surface area contributed by atoms with Crippen LogP contribution in [0.4, 0.5) is 4.39 Å². The number of rotatable bonds is 3. The van der Waals surface area contributed by atoms with Crippen LogP contribution in [0.25, 0.3) is 11.0 Å². The van der Waals surface area contributed by atoms with Gasteiger partial charge in [-0.25, -0.2) is 9.37 Å². The molecule has 3 rings (SSSR count). The summed E-state index contributed by atoms with van der Waals surface area (Å²) < 4.78 is 18.3. The molecule has 0 unspecified atom stereocenters. The summed E-state index contributed by atoms with van der Waals surface area (Å²) in [5.74, 6) is 0.913. The van der Waals surface area contributed by atoms with E-state index in [9.17, 15) is 4.39 Å². The Morgan fingerprint density at radius 2 is 1.80 bits per heavy atom. The van der Waals surface area contributed by atoms with Crippen LogP contribution in [0.3, 0.4) is 0 Å². The summed E-state index contributed by atoms with van der Waals surface area (Å²) in [6.07, 6.45) is 0. The Balaban J connectivity index is 1.79. The van der Waals surface area contributed by atoms with Crippen LogP contribution in [-0.4, -0.2) is 9.97 Å². The monoisotopic (exact) mass is 310 g/mol. The van der Waals surface area contributed by atoms with Crippen LogP contribution in [-0.2, 0) is 6.61 Å². The third kappa shape index (κ3) is 2.71. The molecule has 6 heteroatoms. The van der Waals surface area contributed by atoms with Crippen molar-refractivity contribution in [3.63, 3.8) is 0 Å². The minimum absolute atomic E-state index is 0.246. The van der Waals surface area contributed by atoms with E-state index in [1.165, 1.54) is 12.1 Å². The molecular formula is C14H9Cl2FN2O. The molecule has 3 aromatic rings. The van der Waals surface area contributed by atoms with Crippen LogP contribution in [0, 0.1) is 5.82 Å². The number of hydrogen-bond donors (Lipinski definition) is 1. The lowest BCUT2D eigenvalue weighted by molar-refractivity contribution is 0.297. The fraction of sp³-hybridized carbons (Fsp3) is 0.0714. The Bertz CT molecular complexity index is 717. The lowest BCUT2D eigenvalue weighted by atomic mass is 10.3. The number of nitrogens with one attached hydrogen (secondary N) is 1. The second-order valence-corrected chi connectivity index (χ2v) is 5.02. The first kappa shape index (κ1) is 13.2. The predicted molar refractivity (Wildman–Crippen MR) is 76.8 cm³/mol. The topological polar surface area (TPSA) is 37.9 Å². The van der Waals surface area contributed by atoms with Crippen LogP contribution < -0.4 is 4.74 Å². The van der Waals surface area contributed by atoms with Crippen LogP contribution >= 0.6 is 23.2 Å². The molecule has 0 fully saturated rings. The number of ether oxygens (including phenoxy) is 1. The van der Waals surface area contributed by atoms with Crippen LogP contribution in [0.1, 0.15) is 5.82 Å². The number of H-pyrrole nitrogens is 1. The normalized spacial score (nSPS) is 10.9. The van der Waals surface area contributed by atoms with Crippen molar-refractivity contribution in [2.24, 2.45) is 0 Å². The van der Waals surface area contributed by atoms with Crippen molar-refractivity contribution in [2.75, 3.05) is 0 Å². The van der Waals surface area contributed by atoms with Gasteiger partial charge in [0, 0.05) is 0 Å². The first-order valence-corrected chi connectivity index (χ1v) is 6.59. The van der Waals surface area contributed by atoms with E-state index in [1.807, 2.05) is 0 Å². The number of nitrogens with zero attached hydrogens (tertiary/aromatic N) is 1. The zero-order valence-electron chi connectivity index (χ0n) is 10.2. The lowest BCUT2D eigenvalue weighted by Crippen LogP contribution is -1.97. The molecule has 0 spiro atoms. The maximum Gasteiger partial charge on any atom is 0.146 e. The standard InChI is InChI=1S/C14H9Cl2FN2O/c15-10-5-12-13(6-11(10)16)19-14(18-12)7-20-9-3-1-8(17)2-4-9/h1-6H,7H2,(H,18,19). The summed E-state index contributed by atoms with van der Waals surface area (Å²) in [7, 11) is 0. The van der Waals surface area contributed by atoms with Crippen LogP contribution in [0.5, 0.6) is 5.75 Å². The summed E-state index contributed by atoms with van der Waals surface area (Å²) in [5.41, 5.74) is 1.51. The van der Waals surface area contributed by atoms with Crippen molar-refractivity contribution < 1.29 is 9.13 Å². The maximum atomic E-state index is 12.8. The van der Waals surface area contributed by atoms with Crippen molar-refractivity contribution in [3.05, 3.63) is 58.1 Å². The van der Waals surface area contributed by atoms with Gasteiger partial charge in [-0.2, -0.15) is 0 Å². The summed E-state index contributed by atoms with van der Waals surface area (Å²) in [6.45, 7) is 0.246. The Morgan fingerprint density at radius 3 is 2.55 bits per heavy atom. The highest BCUT2D eigenvalue weighted by atomic mass is 35.5. The molecule has 0 aliphatic heterocycles. The Kier molecular flexibility index (Phi) is 3.51. The first-order valence-electron chi connectivity index (χ1n) is 5.84. The van der Waals surface area contributed by atoms with E-state index in [1.54, 1.807) is 24.3 Å². The minimum Gasteiger partial charge on any atom is -0.486 e. The molecule has 1 N–H and O–H groups in total. The van der Waals surface area contributed by atoms with Crippen molar-refractivity contribution in [1.29, 1.82) is 0 Å². The minimum atomic E-state index is -0.301. The molecule has 20 heavy (non-hydrogen) atoms. The third-order valence-corrected chi connectivity index (χ3v) is 3.48. The number of halogens is 3. The summed E-state index contributed by atoms with van der Waals surface area (Å²) in [6, 6.07) is 9.21. The fourth-order valence-electron chi connectivity index (χ4n) is 1.81. The van der Waals surface area contributed by atoms with Crippen molar-refractivity contribution >= 4 is 34.2 Å². The maximum absolute atomic E-state index is 12.8. The summed E-state index contributed by atoms with van der Waals surface area (Å²) >= 11 is 11.9. The molecule has 0 aliphatic carbocycles. The van der Waals surface area contributed by atoms with E-state index in [0.717, 1.165) is 11.0 Å². The molecule has 0 bridgehead atoms. The molecule has 0 aliphatic rings. The molecule has 1 aromatic heterocycles. The molecule has 102 valence electrons. The first-order chi connectivity index (χ1) is 9.61. The average Bonchev–Trinajstić information content (AvgIpc) is 2.80. The fourth-order valence-corrected chi connectivity index (χ4v) is 2.13. The van der Waals surface area contributed by atoms with E-state index in [0.29, 0.717) is 21.6 Å². The molecule has 2 aromatic carbocycles. The lowest BCUT2D eigenvalue weighted by Gasteiger charge is -2.03. The molecule has 3 nitrogen and oxygen atoms in total. The SMILES string of the molecule is Fc1ccc(OCc2nc3cc(Cl)c(Cl)cc3[nH]2)cc1. The van der Waals surface area contributed by atoms with E-state index < -0.39 is 0 Å². The average molecular weight is 311 g/mol. The molecule has 0 amide bonds. The molecular weight excluding hydrogens is 302 g/mol. The number of benzene rings is 2. The Hall–Kier alpha value is -1.78. The van der Waals surface area contributed by atoms with Gasteiger partial charge in [-0.1, -0.05) is 23.2 Å². The Labute approximate surface area is 124 Å². The quantitative estimate of drug-likeness (QED) is 0.768. The van der Waals surface area contributed by atoms with Gasteiger partial charge in [0.15, 0.2) is 0 Å². The number of imidazole rings is 1. The summed E-state index contributed by atoms with van der Waals surface area (Å²) in [4.78, 5) is 7.44. The van der Waals surface area contributed by atoms with E-state index in [4.69, 9.17) is 27.9 Å². The van der Waals surface area contributed by atoms with E-state index in [2.05, 4.69) is 9.97 Å². The van der Waals surface area contributed by atoms with Gasteiger partial charge in [0.25, 0.3) is 0 Å². The highest BCUT2D eigenvalue weighted by molar-refractivity contribution is 6.42. The molecule has 0 radical (unpaired) electrons. The number of aromatic amines is 1. The molecule has 0 saturated carbocycles. The highest BCUT2D eigenvalue weighted by Gasteiger charge is 2.07. The number of fused-ring (bicyclic) bond motifs is 1. The predicted octanol–water partition coefficient (Wildman–Crippen LogP) is 4.59. The van der Waals surface area contributed by atoms with Gasteiger partial charge in [-0.05, 0) is 36.4 Å². The van der Waals surface area contributed by atoms with Crippen molar-refractivity contribution in [1.82, 2.24) is 9.97 Å². The second kappa shape index (κ2) is 5.31. The highest BCUT2D eigenvalue weighted by Crippen LogP contribution is 2.26. The zero-order valence-corrected chi connectivity index (χ0v) is 11.7. The largest absolute Gasteiger partial charge is 0.486 e. The van der Waals surface area contributed by atoms with Gasteiger partial charge in [-0.15, -0.1) is 0 Å². The van der Waals surface area contributed by atoms with Gasteiger partial charge in [0.1, 0.15) is 24.0 Å². The summed E-state index contributed by atoms with van der Waals surface area (Å²) in [5, 5.41) is 0.922.